The van der Waals surface area contributed by atoms with Crippen molar-refractivity contribution in [2.24, 2.45) is 0 Å². The second kappa shape index (κ2) is 10.1. The molecule has 0 aromatic heterocycles. The van der Waals surface area contributed by atoms with Gasteiger partial charge in [-0.05, 0) is 51.7 Å². The third kappa shape index (κ3) is 6.60. The van der Waals surface area contributed by atoms with Crippen molar-refractivity contribution in [3.63, 3.8) is 0 Å². The van der Waals surface area contributed by atoms with Gasteiger partial charge in [-0.1, -0.05) is 36.4 Å². The number of amides is 1. The second-order valence-electron chi connectivity index (χ2n) is 5.53. The molecule has 2 aromatic carbocycles. The Morgan fingerprint density at radius 3 is 2.59 bits per heavy atom. The molecule has 2 rings (SSSR count). The third-order valence-electron chi connectivity index (χ3n) is 3.53. The van der Waals surface area contributed by atoms with Gasteiger partial charge in [0.25, 0.3) is 5.91 Å². The van der Waals surface area contributed by atoms with Gasteiger partial charge in [-0.3, -0.25) is 4.79 Å². The monoisotopic (exact) mass is 428 g/mol. The topological polar surface area (TPSA) is 99.4 Å². The van der Waals surface area contributed by atoms with E-state index in [1.807, 2.05) is 36.4 Å². The molecule has 0 saturated carbocycles. The third-order valence-corrected chi connectivity index (χ3v) is 4.14. The van der Waals surface area contributed by atoms with Crippen LogP contribution in [0.5, 0.6) is 5.75 Å². The number of ether oxygens (including phenoxy) is 1. The second-order valence-corrected chi connectivity index (χ2v) is 6.39. The molecule has 0 spiro atoms. The van der Waals surface area contributed by atoms with Crippen molar-refractivity contribution in [3.8, 4) is 11.8 Å². The van der Waals surface area contributed by atoms with Crippen molar-refractivity contribution in [2.75, 3.05) is 13.2 Å². The van der Waals surface area contributed by atoms with Gasteiger partial charge in [0, 0.05) is 6.54 Å². The number of hydrogen-bond acceptors (Lipinski definition) is 4. The van der Waals surface area contributed by atoms with Crippen LogP contribution in [-0.4, -0.2) is 30.1 Å². The number of halogens is 1. The number of aliphatic carboxylic acids is 1. The Hall–Kier alpha value is -3.11. The summed E-state index contributed by atoms with van der Waals surface area (Å²) in [5.74, 6) is -1.17. The highest BCUT2D eigenvalue weighted by Crippen LogP contribution is 2.27. The Kier molecular flexibility index (Phi) is 7.59. The van der Waals surface area contributed by atoms with Crippen LogP contribution < -0.4 is 10.1 Å². The van der Waals surface area contributed by atoms with Crippen LogP contribution in [0.3, 0.4) is 0 Å². The van der Waals surface area contributed by atoms with Gasteiger partial charge in [0.15, 0.2) is 6.61 Å². The fourth-order valence-corrected chi connectivity index (χ4v) is 2.75. The lowest BCUT2D eigenvalue weighted by Gasteiger charge is -2.07. The zero-order chi connectivity index (χ0) is 19.6. The Morgan fingerprint density at radius 1 is 1.22 bits per heavy atom. The molecule has 2 N–H and O–H groups in total. The van der Waals surface area contributed by atoms with E-state index in [1.54, 1.807) is 18.2 Å². The summed E-state index contributed by atoms with van der Waals surface area (Å²) >= 11 is 3.28. The van der Waals surface area contributed by atoms with Crippen LogP contribution in [-0.2, 0) is 16.0 Å². The first-order valence-corrected chi connectivity index (χ1v) is 8.87. The van der Waals surface area contributed by atoms with Crippen molar-refractivity contribution in [3.05, 3.63) is 69.7 Å². The highest BCUT2D eigenvalue weighted by atomic mass is 79.9. The number of carboxylic acids is 1. The van der Waals surface area contributed by atoms with Crippen molar-refractivity contribution < 1.29 is 19.4 Å². The van der Waals surface area contributed by atoms with Gasteiger partial charge in [-0.2, -0.15) is 5.26 Å². The molecule has 7 heteroatoms. The van der Waals surface area contributed by atoms with E-state index in [2.05, 4.69) is 21.2 Å². The summed E-state index contributed by atoms with van der Waals surface area (Å²) in [6, 6.07) is 16.5. The molecule has 2 aromatic rings. The van der Waals surface area contributed by atoms with Crippen molar-refractivity contribution >= 4 is 33.9 Å². The molecule has 27 heavy (non-hydrogen) atoms. The number of carbonyl (C=O) groups excluding carboxylic acids is 1. The molecule has 1 amide bonds. The maximum absolute atomic E-state index is 12.2. The Bertz CT molecular complexity index is 889. The van der Waals surface area contributed by atoms with Crippen LogP contribution in [0.4, 0.5) is 0 Å². The molecule has 0 atom stereocenters. The average molecular weight is 429 g/mol. The predicted molar refractivity (Wildman–Crippen MR) is 104 cm³/mol. The highest BCUT2D eigenvalue weighted by molar-refractivity contribution is 9.10. The van der Waals surface area contributed by atoms with E-state index in [0.29, 0.717) is 28.8 Å². The standard InChI is InChI=1S/C20H17BrN2O4/c21-17-11-15(6-7-18(17)27-13-19(24)25)10-16(12-22)20(26)23-9-8-14-4-2-1-3-5-14/h1-7,10-11H,8-9,13H2,(H,23,26)(H,24,25)/b16-10+. The van der Waals surface area contributed by atoms with Gasteiger partial charge in [-0.15, -0.1) is 0 Å². The zero-order valence-electron chi connectivity index (χ0n) is 14.3. The number of nitriles is 1. The predicted octanol–water partition coefficient (Wildman–Crippen LogP) is 3.18. The molecule has 0 aliphatic rings. The lowest BCUT2D eigenvalue weighted by atomic mass is 10.1. The number of nitrogens with zero attached hydrogens (tertiary/aromatic N) is 1. The minimum absolute atomic E-state index is 0.0193. The molecule has 0 heterocycles. The Morgan fingerprint density at radius 2 is 1.96 bits per heavy atom. The van der Waals surface area contributed by atoms with Crippen LogP contribution in [0.15, 0.2) is 58.6 Å². The first kappa shape index (κ1) is 20.2. The molecular formula is C20H17BrN2O4. The van der Waals surface area contributed by atoms with E-state index in [-0.39, 0.29) is 5.57 Å². The fraction of sp³-hybridized carbons (Fsp3) is 0.150. The molecule has 138 valence electrons. The number of benzene rings is 2. The minimum Gasteiger partial charge on any atom is -0.481 e. The maximum Gasteiger partial charge on any atom is 0.341 e. The van der Waals surface area contributed by atoms with Gasteiger partial charge in [0.05, 0.1) is 4.47 Å². The number of hydrogen-bond donors (Lipinski definition) is 2. The summed E-state index contributed by atoms with van der Waals surface area (Å²) in [7, 11) is 0. The molecule has 0 radical (unpaired) electrons. The summed E-state index contributed by atoms with van der Waals surface area (Å²) < 4.78 is 5.64. The van der Waals surface area contributed by atoms with Gasteiger partial charge in [0.2, 0.25) is 0 Å². The fourth-order valence-electron chi connectivity index (χ4n) is 2.24. The van der Waals surface area contributed by atoms with E-state index in [9.17, 15) is 14.9 Å². The van der Waals surface area contributed by atoms with Gasteiger partial charge < -0.3 is 15.2 Å². The van der Waals surface area contributed by atoms with Crippen LogP contribution in [0.1, 0.15) is 11.1 Å². The van der Waals surface area contributed by atoms with Crippen molar-refractivity contribution in [1.29, 1.82) is 5.26 Å². The van der Waals surface area contributed by atoms with E-state index < -0.39 is 18.5 Å². The SMILES string of the molecule is N#C/C(=C\c1ccc(OCC(=O)O)c(Br)c1)C(=O)NCCc1ccccc1. The lowest BCUT2D eigenvalue weighted by molar-refractivity contribution is -0.139. The van der Waals surface area contributed by atoms with Gasteiger partial charge in [-0.25, -0.2) is 4.79 Å². The van der Waals surface area contributed by atoms with Crippen LogP contribution >= 0.6 is 15.9 Å². The summed E-state index contributed by atoms with van der Waals surface area (Å²) in [4.78, 5) is 22.8. The summed E-state index contributed by atoms with van der Waals surface area (Å²) in [5.41, 5.74) is 1.69. The van der Waals surface area contributed by atoms with E-state index in [1.165, 1.54) is 6.08 Å². The Balaban J connectivity index is 1.99. The zero-order valence-corrected chi connectivity index (χ0v) is 15.9. The number of carboxylic acid groups (broad SMARTS) is 1. The molecule has 0 aliphatic carbocycles. The summed E-state index contributed by atoms with van der Waals surface area (Å²) in [6.45, 7) is -0.0332. The molecule has 6 nitrogen and oxygen atoms in total. The lowest BCUT2D eigenvalue weighted by Crippen LogP contribution is -2.26. The van der Waals surface area contributed by atoms with Crippen LogP contribution in [0.2, 0.25) is 0 Å². The van der Waals surface area contributed by atoms with E-state index in [0.717, 1.165) is 5.56 Å². The molecule has 0 aliphatic heterocycles. The number of rotatable bonds is 8. The van der Waals surface area contributed by atoms with Gasteiger partial charge in [0.1, 0.15) is 17.4 Å². The van der Waals surface area contributed by atoms with Gasteiger partial charge >= 0.3 is 5.97 Å². The maximum atomic E-state index is 12.2. The molecule has 0 unspecified atom stereocenters. The average Bonchev–Trinajstić information content (AvgIpc) is 2.66. The quantitative estimate of drug-likeness (QED) is 0.496. The molecule has 0 fully saturated rings. The van der Waals surface area contributed by atoms with E-state index >= 15 is 0 Å². The Labute approximate surface area is 165 Å². The summed E-state index contributed by atoms with van der Waals surface area (Å²) in [6.07, 6.45) is 2.13. The van der Waals surface area contributed by atoms with Crippen molar-refractivity contribution in [1.82, 2.24) is 5.32 Å². The normalized spacial score (nSPS) is 10.7. The first-order chi connectivity index (χ1) is 13.0. The van der Waals surface area contributed by atoms with Crippen LogP contribution in [0.25, 0.3) is 6.08 Å². The van der Waals surface area contributed by atoms with Crippen LogP contribution in [0, 0.1) is 11.3 Å². The molecule has 0 bridgehead atoms. The summed E-state index contributed by atoms with van der Waals surface area (Å²) in [5, 5.41) is 20.6. The number of carbonyl (C=O) groups is 2. The number of nitrogens with one attached hydrogen (secondary N) is 1. The van der Waals surface area contributed by atoms with Crippen molar-refractivity contribution in [2.45, 2.75) is 6.42 Å². The first-order valence-electron chi connectivity index (χ1n) is 8.07. The van der Waals surface area contributed by atoms with E-state index in [4.69, 9.17) is 9.84 Å². The molecule has 0 saturated heterocycles. The molecular weight excluding hydrogens is 412 g/mol. The smallest absolute Gasteiger partial charge is 0.341 e. The highest BCUT2D eigenvalue weighted by Gasteiger charge is 2.10. The largest absolute Gasteiger partial charge is 0.481 e. The minimum atomic E-state index is -1.08.